The third-order valence-corrected chi connectivity index (χ3v) is 3.07. The maximum absolute atomic E-state index is 11.4. The van der Waals surface area contributed by atoms with E-state index in [1.54, 1.807) is 50.7 Å². The Morgan fingerprint density at radius 1 is 1.40 bits per heavy atom. The Hall–Kier alpha value is 0.720. The Labute approximate surface area is 118 Å². The van der Waals surface area contributed by atoms with Crippen LogP contribution >= 0.6 is 45.6 Å². The van der Waals surface area contributed by atoms with Crippen molar-refractivity contribution >= 4 is 55.2 Å². The topological polar surface area (TPSA) is 46.6 Å². The van der Waals surface area contributed by atoms with Gasteiger partial charge in [0.15, 0.2) is 3.79 Å². The minimum atomic E-state index is 0.0429. The molecule has 0 rings (SSSR count). The number of halogens is 2. The van der Waals surface area contributed by atoms with Gasteiger partial charge in [0, 0.05) is 32.9 Å². The molecule has 0 aliphatic carbocycles. The highest BCUT2D eigenvalue weighted by Gasteiger charge is 2.12. The summed E-state index contributed by atoms with van der Waals surface area (Å²) < 4.78 is 4.98. The SMILES string of the molecule is CC(CC(=O)CCC(=O)I)CN(C)OI. The van der Waals surface area contributed by atoms with Gasteiger partial charge >= 0.3 is 0 Å². The Bertz CT molecular complexity index is 223. The monoisotopic (exact) mass is 439 g/mol. The van der Waals surface area contributed by atoms with E-state index in [2.05, 4.69) is 0 Å². The van der Waals surface area contributed by atoms with E-state index in [1.165, 1.54) is 0 Å². The lowest BCUT2D eigenvalue weighted by molar-refractivity contribution is -0.122. The highest BCUT2D eigenvalue weighted by atomic mass is 127. The molecule has 88 valence electrons. The quantitative estimate of drug-likeness (QED) is 0.332. The molecule has 4 nitrogen and oxygen atoms in total. The molecule has 0 aromatic carbocycles. The van der Waals surface area contributed by atoms with Gasteiger partial charge < -0.3 is 0 Å². The van der Waals surface area contributed by atoms with Crippen LogP contribution in [-0.2, 0) is 12.8 Å². The summed E-state index contributed by atoms with van der Waals surface area (Å²) in [4.78, 5) is 22.1. The van der Waals surface area contributed by atoms with Crippen LogP contribution in [0.5, 0.6) is 0 Å². The van der Waals surface area contributed by atoms with Gasteiger partial charge in [0.25, 0.3) is 0 Å². The Kier molecular flexibility index (Phi) is 9.25. The largest absolute Gasteiger partial charge is 0.300 e. The average Bonchev–Trinajstić information content (AvgIpc) is 2.14. The summed E-state index contributed by atoms with van der Waals surface area (Å²) in [6, 6.07) is 0. The zero-order valence-electron chi connectivity index (χ0n) is 8.83. The second-order valence-electron chi connectivity index (χ2n) is 3.58. The molecule has 0 amide bonds. The molecule has 15 heavy (non-hydrogen) atoms. The van der Waals surface area contributed by atoms with E-state index < -0.39 is 0 Å². The molecule has 1 atom stereocenters. The van der Waals surface area contributed by atoms with Gasteiger partial charge in [-0.25, -0.2) is 3.17 Å². The molecule has 0 saturated heterocycles. The molecular formula is C9H15I2NO3. The lowest BCUT2D eigenvalue weighted by Gasteiger charge is -2.16. The number of carbonyl (C=O) groups is 2. The van der Waals surface area contributed by atoms with E-state index in [4.69, 9.17) is 3.17 Å². The second kappa shape index (κ2) is 8.82. The van der Waals surface area contributed by atoms with Crippen LogP contribution < -0.4 is 0 Å². The molecule has 0 radical (unpaired) electrons. The van der Waals surface area contributed by atoms with Gasteiger partial charge in [-0.3, -0.25) is 9.59 Å². The standard InChI is InChI=1S/C9H15I2NO3/c1-7(6-12(2)15-11)5-8(13)3-4-9(10)14/h7H,3-6H2,1-2H3. The van der Waals surface area contributed by atoms with Gasteiger partial charge in [0.2, 0.25) is 0 Å². The zero-order valence-corrected chi connectivity index (χ0v) is 13.1. The highest BCUT2D eigenvalue weighted by molar-refractivity contribution is 14.1. The van der Waals surface area contributed by atoms with Crippen molar-refractivity contribution in [1.82, 2.24) is 5.06 Å². The number of hydrogen-bond acceptors (Lipinski definition) is 4. The molecule has 0 aromatic heterocycles. The molecular weight excluding hydrogens is 424 g/mol. The van der Waals surface area contributed by atoms with Crippen LogP contribution in [0.1, 0.15) is 26.2 Å². The Balaban J connectivity index is 3.71. The Morgan fingerprint density at radius 3 is 2.47 bits per heavy atom. The van der Waals surface area contributed by atoms with E-state index in [-0.39, 0.29) is 15.5 Å². The molecule has 0 aliphatic rings. The summed E-state index contributed by atoms with van der Waals surface area (Å²) in [5, 5.41) is 1.68. The van der Waals surface area contributed by atoms with E-state index in [1.807, 2.05) is 14.0 Å². The zero-order chi connectivity index (χ0) is 11.8. The summed E-state index contributed by atoms with van der Waals surface area (Å²) >= 11 is 3.52. The maximum Gasteiger partial charge on any atom is 0.192 e. The Morgan fingerprint density at radius 2 is 2.00 bits per heavy atom. The van der Waals surface area contributed by atoms with Crippen molar-refractivity contribution in [2.75, 3.05) is 13.6 Å². The lowest BCUT2D eigenvalue weighted by atomic mass is 10.0. The number of carbonyl (C=O) groups excluding carboxylic acids is 2. The molecule has 0 fully saturated rings. The molecule has 0 heterocycles. The van der Waals surface area contributed by atoms with Crippen molar-refractivity contribution in [1.29, 1.82) is 0 Å². The van der Waals surface area contributed by atoms with Crippen LogP contribution in [0.2, 0.25) is 0 Å². The first kappa shape index (κ1) is 15.7. The van der Waals surface area contributed by atoms with Crippen LogP contribution in [0.15, 0.2) is 0 Å². The van der Waals surface area contributed by atoms with Crippen LogP contribution in [0.3, 0.4) is 0 Å². The molecule has 1 unspecified atom stereocenters. The summed E-state index contributed by atoms with van der Waals surface area (Å²) in [5.74, 6) is 0.399. The third-order valence-electron chi connectivity index (χ3n) is 1.86. The minimum Gasteiger partial charge on any atom is -0.300 e. The van der Waals surface area contributed by atoms with E-state index in [0.29, 0.717) is 25.8 Å². The van der Waals surface area contributed by atoms with Crippen molar-refractivity contribution in [2.24, 2.45) is 5.92 Å². The average molecular weight is 439 g/mol. The molecule has 0 N–H and O–H groups in total. The van der Waals surface area contributed by atoms with Gasteiger partial charge in [-0.1, -0.05) is 6.92 Å². The normalized spacial score (nSPS) is 12.9. The molecule has 6 heteroatoms. The van der Waals surface area contributed by atoms with Crippen molar-refractivity contribution in [3.8, 4) is 0 Å². The fourth-order valence-corrected chi connectivity index (χ4v) is 1.69. The first-order valence-electron chi connectivity index (χ1n) is 4.65. The summed E-state index contributed by atoms with van der Waals surface area (Å²) in [7, 11) is 1.82. The minimum absolute atomic E-state index is 0.0429. The number of hydroxylamine groups is 2. The lowest BCUT2D eigenvalue weighted by Crippen LogP contribution is -2.23. The fraction of sp³-hybridized carbons (Fsp3) is 0.778. The highest BCUT2D eigenvalue weighted by Crippen LogP contribution is 2.10. The smallest absolute Gasteiger partial charge is 0.192 e. The first-order valence-corrected chi connectivity index (χ1v) is 6.61. The van der Waals surface area contributed by atoms with E-state index in [0.717, 1.165) is 0 Å². The van der Waals surface area contributed by atoms with Crippen LogP contribution in [0, 0.1) is 5.92 Å². The van der Waals surface area contributed by atoms with Crippen molar-refractivity contribution in [3.05, 3.63) is 0 Å². The van der Waals surface area contributed by atoms with Gasteiger partial charge in [-0.15, -0.1) is 0 Å². The van der Waals surface area contributed by atoms with Crippen molar-refractivity contribution in [3.63, 3.8) is 0 Å². The van der Waals surface area contributed by atoms with Gasteiger partial charge in [0.1, 0.15) is 28.8 Å². The number of rotatable bonds is 8. The van der Waals surface area contributed by atoms with Crippen molar-refractivity contribution in [2.45, 2.75) is 26.2 Å². The number of hydrogen-bond donors (Lipinski definition) is 0. The summed E-state index contributed by atoms with van der Waals surface area (Å²) in [6.07, 6.45) is 1.22. The molecule has 0 saturated carbocycles. The molecule has 0 aliphatic heterocycles. The van der Waals surface area contributed by atoms with Gasteiger partial charge in [-0.05, 0) is 28.5 Å². The maximum atomic E-state index is 11.4. The van der Waals surface area contributed by atoms with Crippen LogP contribution in [-0.4, -0.2) is 28.2 Å². The van der Waals surface area contributed by atoms with Gasteiger partial charge in [-0.2, -0.15) is 5.06 Å². The summed E-state index contributed by atoms with van der Waals surface area (Å²) in [5.41, 5.74) is 0. The number of ketones is 1. The molecule has 0 bridgehead atoms. The number of Topliss-reactive ketones (excluding diaryl/α,β-unsaturated/α-hetero) is 1. The number of nitrogens with zero attached hydrogens (tertiary/aromatic N) is 1. The molecule has 0 spiro atoms. The van der Waals surface area contributed by atoms with Crippen molar-refractivity contribution < 1.29 is 12.8 Å². The predicted molar refractivity (Wildman–Crippen MR) is 74.8 cm³/mol. The summed E-state index contributed by atoms with van der Waals surface area (Å²) in [6.45, 7) is 2.71. The first-order chi connectivity index (χ1) is 6.95. The molecule has 0 aromatic rings. The van der Waals surface area contributed by atoms with Crippen LogP contribution in [0.25, 0.3) is 0 Å². The van der Waals surface area contributed by atoms with E-state index >= 15 is 0 Å². The van der Waals surface area contributed by atoms with Gasteiger partial charge in [0.05, 0.1) is 0 Å². The fourth-order valence-electron chi connectivity index (χ4n) is 1.26. The predicted octanol–water partition coefficient (Wildman–Crippen LogP) is 2.54. The second-order valence-corrected chi connectivity index (χ2v) is 5.18. The van der Waals surface area contributed by atoms with Crippen LogP contribution in [0.4, 0.5) is 0 Å². The third kappa shape index (κ3) is 9.64. The van der Waals surface area contributed by atoms with E-state index in [9.17, 15) is 9.59 Å².